The molecule has 2 nitrogen and oxygen atoms in total. The fourth-order valence-corrected chi connectivity index (χ4v) is 1.70. The minimum Gasteiger partial charge on any atom is -0.289 e. The highest BCUT2D eigenvalue weighted by molar-refractivity contribution is 7.98. The third kappa shape index (κ3) is 2.39. The number of hydrogen-bond acceptors (Lipinski definition) is 3. The summed E-state index contributed by atoms with van der Waals surface area (Å²) in [7, 11) is 1.65. The number of aryl methyl sites for hydroxylation is 1. The number of thioether (sulfide) groups is 1. The second-order valence-electron chi connectivity index (χ2n) is 2.87. The van der Waals surface area contributed by atoms with Crippen LogP contribution in [0, 0.1) is 0 Å². The first kappa shape index (κ1) is 10.4. The molecule has 0 heterocycles. The maximum absolute atomic E-state index is 9.38. The largest absolute Gasteiger partial charge is 0.289 e. The summed E-state index contributed by atoms with van der Waals surface area (Å²) in [6, 6.07) is 6.15. The van der Waals surface area contributed by atoms with Crippen LogP contribution >= 0.6 is 11.8 Å². The van der Waals surface area contributed by atoms with Crippen LogP contribution < -0.4 is 5.06 Å². The Morgan fingerprint density at radius 1 is 1.46 bits per heavy atom. The van der Waals surface area contributed by atoms with Crippen molar-refractivity contribution in [2.45, 2.75) is 18.2 Å². The molecule has 13 heavy (non-hydrogen) atoms. The summed E-state index contributed by atoms with van der Waals surface area (Å²) in [5.41, 5.74) is 2.07. The van der Waals surface area contributed by atoms with Gasteiger partial charge in [0.05, 0.1) is 5.69 Å². The number of hydrogen-bond donors (Lipinski definition) is 1. The predicted octanol–water partition coefficient (Wildman–Crippen LogP) is 2.80. The minimum absolute atomic E-state index is 0.898. The van der Waals surface area contributed by atoms with E-state index in [4.69, 9.17) is 0 Å². The zero-order chi connectivity index (χ0) is 9.84. The van der Waals surface area contributed by atoms with Gasteiger partial charge in [0.1, 0.15) is 0 Å². The molecular weight excluding hydrogens is 182 g/mol. The van der Waals surface area contributed by atoms with Gasteiger partial charge in [-0.25, -0.2) is 0 Å². The second kappa shape index (κ2) is 4.53. The van der Waals surface area contributed by atoms with Gasteiger partial charge in [-0.05, 0) is 30.4 Å². The van der Waals surface area contributed by atoms with E-state index in [-0.39, 0.29) is 0 Å². The maximum Gasteiger partial charge on any atom is 0.0673 e. The molecule has 1 aromatic carbocycles. The molecule has 0 fully saturated rings. The first-order valence-corrected chi connectivity index (χ1v) is 5.51. The molecule has 0 aliphatic heterocycles. The van der Waals surface area contributed by atoms with E-state index in [0.717, 1.165) is 12.1 Å². The van der Waals surface area contributed by atoms with E-state index in [0.29, 0.717) is 0 Å². The summed E-state index contributed by atoms with van der Waals surface area (Å²) in [4.78, 5) is 1.17. The highest BCUT2D eigenvalue weighted by Gasteiger charge is 2.04. The molecule has 72 valence electrons. The molecular formula is C10H15NOS. The van der Waals surface area contributed by atoms with E-state index < -0.39 is 0 Å². The first-order valence-electron chi connectivity index (χ1n) is 4.28. The van der Waals surface area contributed by atoms with E-state index in [2.05, 4.69) is 19.1 Å². The molecule has 0 saturated carbocycles. The number of benzene rings is 1. The highest BCUT2D eigenvalue weighted by atomic mass is 32.2. The molecule has 0 spiro atoms. The van der Waals surface area contributed by atoms with Crippen LogP contribution in [0.3, 0.4) is 0 Å². The molecule has 1 aromatic rings. The Labute approximate surface area is 83.5 Å². The number of hydroxylamine groups is 1. The van der Waals surface area contributed by atoms with Crippen molar-refractivity contribution in [3.63, 3.8) is 0 Å². The predicted molar refractivity (Wildman–Crippen MR) is 57.8 cm³/mol. The maximum atomic E-state index is 9.38. The molecule has 0 aliphatic rings. The minimum atomic E-state index is 0.898. The standard InChI is InChI=1S/C10H15NOS/c1-4-8-5-6-9(13-3)7-10(8)11(2)12/h5-7,12H,4H2,1-3H3. The highest BCUT2D eigenvalue weighted by Crippen LogP contribution is 2.25. The molecule has 1 N–H and O–H groups in total. The molecule has 0 unspecified atom stereocenters. The Hall–Kier alpha value is -0.670. The van der Waals surface area contributed by atoms with Crippen molar-refractivity contribution in [2.24, 2.45) is 0 Å². The number of nitrogens with zero attached hydrogens (tertiary/aromatic N) is 1. The van der Waals surface area contributed by atoms with Crippen molar-refractivity contribution in [1.29, 1.82) is 0 Å². The van der Waals surface area contributed by atoms with Gasteiger partial charge >= 0.3 is 0 Å². The van der Waals surface area contributed by atoms with Gasteiger partial charge in [-0.1, -0.05) is 13.0 Å². The number of rotatable bonds is 3. The van der Waals surface area contributed by atoms with E-state index in [1.165, 1.54) is 15.5 Å². The summed E-state index contributed by atoms with van der Waals surface area (Å²) in [6.45, 7) is 2.08. The molecule has 1 rings (SSSR count). The van der Waals surface area contributed by atoms with Crippen molar-refractivity contribution < 1.29 is 5.21 Å². The van der Waals surface area contributed by atoms with Crippen molar-refractivity contribution in [2.75, 3.05) is 18.4 Å². The lowest BCUT2D eigenvalue weighted by atomic mass is 10.1. The van der Waals surface area contributed by atoms with Crippen molar-refractivity contribution in [1.82, 2.24) is 0 Å². The second-order valence-corrected chi connectivity index (χ2v) is 3.75. The van der Waals surface area contributed by atoms with Gasteiger partial charge in [0.2, 0.25) is 0 Å². The van der Waals surface area contributed by atoms with Crippen LogP contribution in [-0.2, 0) is 6.42 Å². The average Bonchev–Trinajstić information content (AvgIpc) is 2.16. The Morgan fingerprint density at radius 2 is 2.15 bits per heavy atom. The van der Waals surface area contributed by atoms with Crippen LogP contribution in [-0.4, -0.2) is 18.5 Å². The summed E-state index contributed by atoms with van der Waals surface area (Å²) in [6.07, 6.45) is 2.97. The molecule has 3 heteroatoms. The Kier molecular flexibility index (Phi) is 3.63. The summed E-state index contributed by atoms with van der Waals surface area (Å²) < 4.78 is 0. The Balaban J connectivity index is 3.10. The van der Waals surface area contributed by atoms with Crippen molar-refractivity contribution in [3.8, 4) is 0 Å². The van der Waals surface area contributed by atoms with Crippen LogP contribution in [0.5, 0.6) is 0 Å². The average molecular weight is 197 g/mol. The normalized spacial score (nSPS) is 10.2. The fourth-order valence-electron chi connectivity index (χ4n) is 1.27. The molecule has 0 bridgehead atoms. The van der Waals surface area contributed by atoms with Crippen molar-refractivity contribution >= 4 is 17.4 Å². The zero-order valence-electron chi connectivity index (χ0n) is 8.24. The lowest BCUT2D eigenvalue weighted by Crippen LogP contribution is -2.12. The van der Waals surface area contributed by atoms with E-state index in [1.54, 1.807) is 18.8 Å². The van der Waals surface area contributed by atoms with Crippen LogP contribution in [0.15, 0.2) is 23.1 Å². The van der Waals surface area contributed by atoms with Gasteiger partial charge in [-0.3, -0.25) is 10.3 Å². The van der Waals surface area contributed by atoms with E-state index >= 15 is 0 Å². The molecule has 0 atom stereocenters. The third-order valence-electron chi connectivity index (χ3n) is 2.02. The third-order valence-corrected chi connectivity index (χ3v) is 2.75. The first-order chi connectivity index (χ1) is 6.19. The summed E-state index contributed by atoms with van der Waals surface area (Å²) >= 11 is 1.68. The molecule has 0 aromatic heterocycles. The van der Waals surface area contributed by atoms with Crippen molar-refractivity contribution in [3.05, 3.63) is 23.8 Å². The topological polar surface area (TPSA) is 23.5 Å². The van der Waals surface area contributed by atoms with E-state index in [9.17, 15) is 5.21 Å². The molecule has 0 saturated heterocycles. The van der Waals surface area contributed by atoms with Crippen LogP contribution in [0.4, 0.5) is 5.69 Å². The van der Waals surface area contributed by atoms with Gasteiger partial charge in [-0.15, -0.1) is 11.8 Å². The monoisotopic (exact) mass is 197 g/mol. The Morgan fingerprint density at radius 3 is 2.62 bits per heavy atom. The van der Waals surface area contributed by atoms with Gasteiger partial charge in [0.15, 0.2) is 0 Å². The van der Waals surface area contributed by atoms with Crippen LogP contribution in [0.25, 0.3) is 0 Å². The lowest BCUT2D eigenvalue weighted by Gasteiger charge is -2.15. The lowest BCUT2D eigenvalue weighted by molar-refractivity contribution is 0.278. The zero-order valence-corrected chi connectivity index (χ0v) is 9.06. The van der Waals surface area contributed by atoms with Gasteiger partial charge in [0, 0.05) is 11.9 Å². The van der Waals surface area contributed by atoms with Crippen LogP contribution in [0.2, 0.25) is 0 Å². The SMILES string of the molecule is CCc1ccc(SC)cc1N(C)O. The quantitative estimate of drug-likeness (QED) is 0.595. The fraction of sp³-hybridized carbons (Fsp3) is 0.400. The molecule has 0 radical (unpaired) electrons. The van der Waals surface area contributed by atoms with Gasteiger partial charge in [0.25, 0.3) is 0 Å². The summed E-state index contributed by atoms with van der Waals surface area (Å²) in [5.74, 6) is 0. The molecule has 0 aliphatic carbocycles. The van der Waals surface area contributed by atoms with Gasteiger partial charge < -0.3 is 0 Å². The van der Waals surface area contributed by atoms with E-state index in [1.807, 2.05) is 12.3 Å². The smallest absolute Gasteiger partial charge is 0.0673 e. The summed E-state index contributed by atoms with van der Waals surface area (Å²) in [5, 5.41) is 10.6. The number of anilines is 1. The van der Waals surface area contributed by atoms with Crippen LogP contribution in [0.1, 0.15) is 12.5 Å². The van der Waals surface area contributed by atoms with Gasteiger partial charge in [-0.2, -0.15) is 0 Å². The molecule has 0 amide bonds. The Bertz CT molecular complexity index is 286.